The molecular formula is C17H24N2O2S2. The van der Waals surface area contributed by atoms with Crippen molar-refractivity contribution in [1.29, 1.82) is 0 Å². The van der Waals surface area contributed by atoms with Crippen LogP contribution in [0.15, 0.2) is 18.2 Å². The van der Waals surface area contributed by atoms with Crippen LogP contribution in [0.5, 0.6) is 0 Å². The Bertz CT molecular complexity index is 558. The zero-order chi connectivity index (χ0) is 16.7. The minimum Gasteiger partial charge on any atom is -0.273 e. The van der Waals surface area contributed by atoms with E-state index in [1.807, 2.05) is 47.6 Å². The highest BCUT2D eigenvalue weighted by Crippen LogP contribution is 2.39. The molecule has 1 aliphatic heterocycles. The first-order valence-corrected chi connectivity index (χ1v) is 10.4. The molecule has 0 radical (unpaired) electrons. The predicted molar refractivity (Wildman–Crippen MR) is 98.4 cm³/mol. The lowest BCUT2D eigenvalue weighted by atomic mass is 10.1. The fraction of sp³-hybridized carbons (Fsp3) is 0.529. The molecule has 1 atom stereocenters. The Balaban J connectivity index is 1.64. The van der Waals surface area contributed by atoms with Crippen LogP contribution in [-0.4, -0.2) is 22.8 Å². The van der Waals surface area contributed by atoms with Gasteiger partial charge in [-0.15, -0.1) is 0 Å². The average molecular weight is 353 g/mol. The van der Waals surface area contributed by atoms with E-state index in [1.165, 1.54) is 18.6 Å². The van der Waals surface area contributed by atoms with Gasteiger partial charge in [0.2, 0.25) is 5.91 Å². The van der Waals surface area contributed by atoms with E-state index < -0.39 is 0 Å². The fourth-order valence-corrected chi connectivity index (χ4v) is 5.57. The fourth-order valence-electron chi connectivity index (χ4n) is 2.55. The lowest BCUT2D eigenvalue weighted by molar-refractivity contribution is -0.122. The van der Waals surface area contributed by atoms with Crippen LogP contribution >= 0.6 is 21.6 Å². The van der Waals surface area contributed by atoms with Crippen molar-refractivity contribution in [2.75, 3.05) is 5.75 Å². The highest BCUT2D eigenvalue weighted by atomic mass is 33.1. The zero-order valence-corrected chi connectivity index (χ0v) is 15.3. The SMILES string of the molecule is Cc1ccc(C(=O)NNC(=O)CCCCC2CCSS2)c(C)c1. The van der Waals surface area contributed by atoms with Crippen molar-refractivity contribution in [3.63, 3.8) is 0 Å². The summed E-state index contributed by atoms with van der Waals surface area (Å²) in [5, 5.41) is 0.757. The van der Waals surface area contributed by atoms with Crippen molar-refractivity contribution in [2.45, 2.75) is 51.2 Å². The van der Waals surface area contributed by atoms with Gasteiger partial charge < -0.3 is 0 Å². The third-order valence-electron chi connectivity index (χ3n) is 3.85. The highest BCUT2D eigenvalue weighted by Gasteiger charge is 2.16. The van der Waals surface area contributed by atoms with Crippen LogP contribution in [0.4, 0.5) is 0 Å². The lowest BCUT2D eigenvalue weighted by Gasteiger charge is -2.10. The molecular weight excluding hydrogens is 328 g/mol. The molecule has 0 spiro atoms. The Kier molecular flexibility index (Phi) is 7.30. The molecule has 1 unspecified atom stereocenters. The van der Waals surface area contributed by atoms with E-state index in [0.717, 1.165) is 29.2 Å². The molecule has 1 aromatic carbocycles. The quantitative estimate of drug-likeness (QED) is 0.465. The Morgan fingerprint density at radius 2 is 2.04 bits per heavy atom. The number of nitrogens with one attached hydrogen (secondary N) is 2. The molecule has 126 valence electrons. The molecule has 23 heavy (non-hydrogen) atoms. The van der Waals surface area contributed by atoms with E-state index in [1.54, 1.807) is 6.07 Å². The van der Waals surface area contributed by atoms with E-state index in [9.17, 15) is 9.59 Å². The summed E-state index contributed by atoms with van der Waals surface area (Å²) in [4.78, 5) is 23.8. The molecule has 2 rings (SSSR count). The molecule has 2 N–H and O–H groups in total. The third-order valence-corrected chi connectivity index (χ3v) is 6.86. The van der Waals surface area contributed by atoms with Crippen LogP contribution in [0.25, 0.3) is 0 Å². The van der Waals surface area contributed by atoms with Crippen molar-refractivity contribution in [1.82, 2.24) is 10.9 Å². The van der Waals surface area contributed by atoms with Gasteiger partial charge in [0.25, 0.3) is 5.91 Å². The number of carbonyl (C=O) groups is 2. The minimum absolute atomic E-state index is 0.128. The number of carbonyl (C=O) groups excluding carboxylic acids is 2. The lowest BCUT2D eigenvalue weighted by Crippen LogP contribution is -2.41. The van der Waals surface area contributed by atoms with Crippen LogP contribution in [0.1, 0.15) is 53.6 Å². The number of unbranched alkanes of at least 4 members (excludes halogenated alkanes) is 1. The number of hydrazine groups is 1. The van der Waals surface area contributed by atoms with E-state index in [-0.39, 0.29) is 11.8 Å². The van der Waals surface area contributed by atoms with Crippen molar-refractivity contribution in [2.24, 2.45) is 0 Å². The maximum atomic E-state index is 12.1. The molecule has 0 aromatic heterocycles. The van der Waals surface area contributed by atoms with E-state index in [2.05, 4.69) is 10.9 Å². The second-order valence-electron chi connectivity index (χ2n) is 5.90. The largest absolute Gasteiger partial charge is 0.273 e. The van der Waals surface area contributed by atoms with Crippen LogP contribution < -0.4 is 10.9 Å². The first kappa shape index (κ1) is 18.2. The molecule has 1 heterocycles. The Morgan fingerprint density at radius 1 is 1.22 bits per heavy atom. The Labute approximate surface area is 145 Å². The normalized spacial score (nSPS) is 17.0. The van der Waals surface area contributed by atoms with Gasteiger partial charge in [-0.05, 0) is 44.7 Å². The van der Waals surface area contributed by atoms with Gasteiger partial charge in [0.1, 0.15) is 0 Å². The van der Waals surface area contributed by atoms with Crippen molar-refractivity contribution < 1.29 is 9.59 Å². The summed E-state index contributed by atoms with van der Waals surface area (Å²) in [6.07, 6.45) is 4.86. The van der Waals surface area contributed by atoms with Crippen LogP contribution in [0, 0.1) is 13.8 Å². The highest BCUT2D eigenvalue weighted by molar-refractivity contribution is 8.77. The van der Waals surface area contributed by atoms with Gasteiger partial charge in [-0.2, -0.15) is 0 Å². The molecule has 6 heteroatoms. The number of hydrogen-bond donors (Lipinski definition) is 2. The molecule has 2 amide bonds. The molecule has 0 aliphatic carbocycles. The van der Waals surface area contributed by atoms with Crippen molar-refractivity contribution in [3.05, 3.63) is 34.9 Å². The van der Waals surface area contributed by atoms with Gasteiger partial charge >= 0.3 is 0 Å². The topological polar surface area (TPSA) is 58.2 Å². The van der Waals surface area contributed by atoms with Gasteiger partial charge in [0.05, 0.1) is 0 Å². The Morgan fingerprint density at radius 3 is 2.74 bits per heavy atom. The molecule has 1 aliphatic rings. The number of benzene rings is 1. The average Bonchev–Trinajstić information content (AvgIpc) is 3.02. The summed E-state index contributed by atoms with van der Waals surface area (Å²) in [5.41, 5.74) is 7.61. The first-order chi connectivity index (χ1) is 11.1. The number of amides is 2. The monoisotopic (exact) mass is 352 g/mol. The van der Waals surface area contributed by atoms with Gasteiger partial charge in [0, 0.05) is 23.0 Å². The summed E-state index contributed by atoms with van der Waals surface area (Å²) in [6, 6.07) is 5.63. The molecule has 0 saturated carbocycles. The predicted octanol–water partition coefficient (Wildman–Crippen LogP) is 3.78. The minimum atomic E-state index is -0.268. The van der Waals surface area contributed by atoms with Crippen LogP contribution in [0.2, 0.25) is 0 Å². The smallest absolute Gasteiger partial charge is 0.269 e. The van der Waals surface area contributed by atoms with E-state index >= 15 is 0 Å². The second kappa shape index (κ2) is 9.23. The number of rotatable bonds is 6. The van der Waals surface area contributed by atoms with E-state index in [4.69, 9.17) is 0 Å². The van der Waals surface area contributed by atoms with Crippen molar-refractivity contribution >= 4 is 33.4 Å². The molecule has 1 fully saturated rings. The summed E-state index contributed by atoms with van der Waals surface area (Å²) < 4.78 is 0. The summed E-state index contributed by atoms with van der Waals surface area (Å²) in [7, 11) is 3.92. The Hall–Kier alpha value is -1.14. The molecule has 0 bridgehead atoms. The van der Waals surface area contributed by atoms with Gasteiger partial charge in [-0.1, -0.05) is 45.7 Å². The maximum Gasteiger partial charge on any atom is 0.269 e. The van der Waals surface area contributed by atoms with Gasteiger partial charge in [0.15, 0.2) is 0 Å². The summed E-state index contributed by atoms with van der Waals surface area (Å²) in [6.45, 7) is 3.88. The maximum absolute atomic E-state index is 12.1. The molecule has 1 saturated heterocycles. The van der Waals surface area contributed by atoms with Crippen LogP contribution in [0.3, 0.4) is 0 Å². The standard InChI is InChI=1S/C17H24N2O2S2/c1-12-7-8-15(13(2)11-12)17(21)19-18-16(20)6-4-3-5-14-9-10-22-23-14/h7-8,11,14H,3-6,9-10H2,1-2H3,(H,18,20)(H,19,21). The van der Waals surface area contributed by atoms with Crippen LogP contribution in [-0.2, 0) is 4.79 Å². The third kappa shape index (κ3) is 6.11. The zero-order valence-electron chi connectivity index (χ0n) is 13.7. The van der Waals surface area contributed by atoms with Gasteiger partial charge in [-0.25, -0.2) is 0 Å². The first-order valence-electron chi connectivity index (χ1n) is 8.01. The number of hydrogen-bond acceptors (Lipinski definition) is 4. The molecule has 4 nitrogen and oxygen atoms in total. The summed E-state index contributed by atoms with van der Waals surface area (Å²) >= 11 is 0. The van der Waals surface area contributed by atoms with Crippen molar-refractivity contribution in [3.8, 4) is 0 Å². The van der Waals surface area contributed by atoms with E-state index in [0.29, 0.717) is 12.0 Å². The molecule has 1 aromatic rings. The second-order valence-corrected chi connectivity index (χ2v) is 8.68. The summed E-state index contributed by atoms with van der Waals surface area (Å²) in [5.74, 6) is 0.854. The number of aryl methyl sites for hydroxylation is 2. The van der Waals surface area contributed by atoms with Gasteiger partial charge in [-0.3, -0.25) is 20.4 Å².